The molecule has 1 unspecified atom stereocenters. The van der Waals surface area contributed by atoms with E-state index in [1.807, 2.05) is 0 Å². The molecule has 1 aliphatic rings. The highest BCUT2D eigenvalue weighted by Crippen LogP contribution is 2.14. The van der Waals surface area contributed by atoms with E-state index in [1.54, 1.807) is 6.07 Å². The van der Waals surface area contributed by atoms with Gasteiger partial charge in [0.25, 0.3) is 0 Å². The monoisotopic (exact) mass is 184 g/mol. The fourth-order valence-corrected chi connectivity index (χ4v) is 0.666. The standard InChI is InChI=1S/C6H6O2.C3H6O2/c7-5-2-1-3-6(8)4-5;4-1-3-2-5-3/h1-4,7-8H;3-4H,1-2H2. The van der Waals surface area contributed by atoms with E-state index < -0.39 is 0 Å². The summed E-state index contributed by atoms with van der Waals surface area (Å²) in [5.41, 5.74) is 0. The fourth-order valence-electron chi connectivity index (χ4n) is 0.666. The number of hydrogen-bond acceptors (Lipinski definition) is 4. The van der Waals surface area contributed by atoms with Crippen LogP contribution in [0.2, 0.25) is 0 Å². The first-order valence-corrected chi connectivity index (χ1v) is 3.93. The predicted octanol–water partition coefficient (Wildman–Crippen LogP) is 0.475. The summed E-state index contributed by atoms with van der Waals surface area (Å²) < 4.78 is 4.61. The molecule has 1 aromatic carbocycles. The lowest BCUT2D eigenvalue weighted by Gasteiger charge is -1.89. The molecule has 0 spiro atoms. The van der Waals surface area contributed by atoms with Crippen molar-refractivity contribution in [2.75, 3.05) is 13.2 Å². The van der Waals surface area contributed by atoms with Crippen molar-refractivity contribution in [3.63, 3.8) is 0 Å². The van der Waals surface area contributed by atoms with Crippen molar-refractivity contribution in [2.24, 2.45) is 0 Å². The van der Waals surface area contributed by atoms with Crippen LogP contribution in [0.3, 0.4) is 0 Å². The van der Waals surface area contributed by atoms with Gasteiger partial charge in [0.05, 0.1) is 13.2 Å². The lowest BCUT2D eigenvalue weighted by molar-refractivity contribution is 0.244. The normalized spacial score (nSPS) is 18.7. The van der Waals surface area contributed by atoms with Crippen molar-refractivity contribution < 1.29 is 20.1 Å². The molecular weight excluding hydrogens is 172 g/mol. The zero-order chi connectivity index (χ0) is 9.68. The van der Waals surface area contributed by atoms with Gasteiger partial charge in [-0.3, -0.25) is 0 Å². The van der Waals surface area contributed by atoms with Crippen LogP contribution in [0.4, 0.5) is 0 Å². The number of benzene rings is 1. The largest absolute Gasteiger partial charge is 0.508 e. The maximum absolute atomic E-state index is 8.65. The Morgan fingerprint density at radius 2 is 1.85 bits per heavy atom. The quantitative estimate of drug-likeness (QED) is 0.555. The molecule has 72 valence electrons. The molecule has 3 N–H and O–H groups in total. The Balaban J connectivity index is 0.000000145. The molecule has 0 saturated carbocycles. The summed E-state index contributed by atoms with van der Waals surface area (Å²) in [6.07, 6.45) is 0.190. The Morgan fingerprint density at radius 3 is 2.00 bits per heavy atom. The molecule has 1 aliphatic heterocycles. The Kier molecular flexibility index (Phi) is 3.54. The highest BCUT2D eigenvalue weighted by atomic mass is 16.6. The average molecular weight is 184 g/mol. The predicted molar refractivity (Wildman–Crippen MR) is 46.6 cm³/mol. The molecule has 4 heteroatoms. The minimum absolute atomic E-state index is 0.0880. The number of aliphatic hydroxyl groups excluding tert-OH is 1. The second-order valence-electron chi connectivity index (χ2n) is 2.66. The molecule has 1 fully saturated rings. The average Bonchev–Trinajstić information content (AvgIpc) is 2.87. The van der Waals surface area contributed by atoms with Crippen LogP contribution in [0.15, 0.2) is 24.3 Å². The van der Waals surface area contributed by atoms with Crippen LogP contribution < -0.4 is 0 Å². The molecule has 1 aromatic rings. The van der Waals surface area contributed by atoms with Crippen molar-refractivity contribution in [3.8, 4) is 11.5 Å². The molecule has 1 atom stereocenters. The number of phenols is 2. The van der Waals surface area contributed by atoms with E-state index in [4.69, 9.17) is 15.3 Å². The van der Waals surface area contributed by atoms with Crippen LogP contribution in [-0.2, 0) is 4.74 Å². The van der Waals surface area contributed by atoms with Gasteiger partial charge in [0.2, 0.25) is 0 Å². The van der Waals surface area contributed by atoms with E-state index in [-0.39, 0.29) is 24.2 Å². The van der Waals surface area contributed by atoms with Gasteiger partial charge >= 0.3 is 0 Å². The topological polar surface area (TPSA) is 73.2 Å². The summed E-state index contributed by atoms with van der Waals surface area (Å²) in [5, 5.41) is 25.4. The van der Waals surface area contributed by atoms with Gasteiger partial charge in [0.15, 0.2) is 0 Å². The third-order valence-corrected chi connectivity index (χ3v) is 1.44. The lowest BCUT2D eigenvalue weighted by atomic mass is 10.3. The van der Waals surface area contributed by atoms with Crippen LogP contribution in [-0.4, -0.2) is 34.6 Å². The molecule has 2 rings (SSSR count). The van der Waals surface area contributed by atoms with Gasteiger partial charge in [-0.2, -0.15) is 0 Å². The second-order valence-corrected chi connectivity index (χ2v) is 2.66. The number of aromatic hydroxyl groups is 2. The molecule has 0 bridgehead atoms. The zero-order valence-corrected chi connectivity index (χ0v) is 7.05. The number of ether oxygens (including phenoxy) is 1. The van der Waals surface area contributed by atoms with Crippen molar-refractivity contribution in [3.05, 3.63) is 24.3 Å². The van der Waals surface area contributed by atoms with Gasteiger partial charge in [-0.05, 0) is 12.1 Å². The van der Waals surface area contributed by atoms with Crippen LogP contribution in [0, 0.1) is 0 Å². The van der Waals surface area contributed by atoms with E-state index in [0.29, 0.717) is 0 Å². The van der Waals surface area contributed by atoms with Crippen molar-refractivity contribution in [1.29, 1.82) is 0 Å². The summed E-state index contributed by atoms with van der Waals surface area (Å²) in [7, 11) is 0. The molecule has 0 aromatic heterocycles. The van der Waals surface area contributed by atoms with E-state index in [9.17, 15) is 0 Å². The van der Waals surface area contributed by atoms with Crippen molar-refractivity contribution in [2.45, 2.75) is 6.10 Å². The second kappa shape index (κ2) is 4.69. The highest BCUT2D eigenvalue weighted by Gasteiger charge is 2.19. The molecule has 13 heavy (non-hydrogen) atoms. The van der Waals surface area contributed by atoms with Crippen LogP contribution in [0.25, 0.3) is 0 Å². The molecule has 0 aliphatic carbocycles. The SMILES string of the molecule is OCC1CO1.Oc1cccc(O)c1. The Hall–Kier alpha value is -1.26. The van der Waals surface area contributed by atoms with Crippen LogP contribution in [0.1, 0.15) is 0 Å². The van der Waals surface area contributed by atoms with Gasteiger partial charge in [-0.15, -0.1) is 0 Å². The molecule has 0 radical (unpaired) electrons. The summed E-state index contributed by atoms with van der Waals surface area (Å²) >= 11 is 0. The molecular formula is C9H12O4. The summed E-state index contributed by atoms with van der Waals surface area (Å²) in [4.78, 5) is 0. The number of aliphatic hydroxyl groups is 1. The maximum atomic E-state index is 8.65. The van der Waals surface area contributed by atoms with E-state index in [2.05, 4.69) is 4.74 Å². The van der Waals surface area contributed by atoms with Gasteiger partial charge in [-0.25, -0.2) is 0 Å². The number of phenolic OH excluding ortho intramolecular Hbond substituents is 2. The lowest BCUT2D eigenvalue weighted by Crippen LogP contribution is -1.88. The van der Waals surface area contributed by atoms with E-state index in [1.165, 1.54) is 18.2 Å². The zero-order valence-electron chi connectivity index (χ0n) is 7.05. The van der Waals surface area contributed by atoms with Gasteiger partial charge in [0.1, 0.15) is 17.6 Å². The summed E-state index contributed by atoms with van der Waals surface area (Å²) in [6.45, 7) is 0.955. The van der Waals surface area contributed by atoms with Gasteiger partial charge in [0, 0.05) is 6.07 Å². The minimum Gasteiger partial charge on any atom is -0.508 e. The molecule has 1 saturated heterocycles. The number of epoxide rings is 1. The molecule has 1 heterocycles. The van der Waals surface area contributed by atoms with Crippen molar-refractivity contribution >= 4 is 0 Å². The summed E-state index contributed by atoms with van der Waals surface area (Å²) in [5.74, 6) is 0.176. The maximum Gasteiger partial charge on any atom is 0.119 e. The smallest absolute Gasteiger partial charge is 0.119 e. The van der Waals surface area contributed by atoms with E-state index in [0.717, 1.165) is 6.61 Å². The first kappa shape index (κ1) is 9.83. The summed E-state index contributed by atoms with van der Waals surface area (Å²) in [6, 6.07) is 5.85. The van der Waals surface area contributed by atoms with Gasteiger partial charge in [-0.1, -0.05) is 6.07 Å². The Labute approximate surface area is 76.0 Å². The minimum atomic E-state index is 0.0880. The van der Waals surface area contributed by atoms with E-state index >= 15 is 0 Å². The third-order valence-electron chi connectivity index (χ3n) is 1.44. The van der Waals surface area contributed by atoms with Crippen LogP contribution in [0.5, 0.6) is 11.5 Å². The molecule has 4 nitrogen and oxygen atoms in total. The number of rotatable bonds is 1. The third kappa shape index (κ3) is 4.35. The van der Waals surface area contributed by atoms with Crippen LogP contribution >= 0.6 is 0 Å². The van der Waals surface area contributed by atoms with Crippen molar-refractivity contribution in [1.82, 2.24) is 0 Å². The molecule has 0 amide bonds. The van der Waals surface area contributed by atoms with Gasteiger partial charge < -0.3 is 20.1 Å². The Morgan fingerprint density at radius 1 is 1.31 bits per heavy atom. The Bertz CT molecular complexity index is 240. The first-order chi connectivity index (χ1) is 6.22. The fraction of sp³-hybridized carbons (Fsp3) is 0.333. The first-order valence-electron chi connectivity index (χ1n) is 3.93. The highest BCUT2D eigenvalue weighted by molar-refractivity contribution is 5.30. The number of hydrogen-bond donors (Lipinski definition) is 3.